The summed E-state index contributed by atoms with van der Waals surface area (Å²) in [7, 11) is 0. The van der Waals surface area contributed by atoms with Crippen molar-refractivity contribution < 1.29 is 9.59 Å². The topological polar surface area (TPSA) is 61.8 Å². The molecular weight excluding hydrogens is 358 g/mol. The number of nitrogens with zero attached hydrogens (tertiary/aromatic N) is 2. The van der Waals surface area contributed by atoms with Crippen LogP contribution in [-0.4, -0.2) is 33.2 Å². The summed E-state index contributed by atoms with van der Waals surface area (Å²) in [6, 6.07) is 17.1. The third kappa shape index (κ3) is 4.57. The molecule has 1 aliphatic rings. The Kier molecular flexibility index (Phi) is 5.96. The lowest BCUT2D eigenvalue weighted by Gasteiger charge is -2.20. The number of carbonyl (C=O) groups is 2. The van der Waals surface area contributed by atoms with Crippen LogP contribution in [0.15, 0.2) is 59.6 Å². The van der Waals surface area contributed by atoms with Crippen LogP contribution >= 0.6 is 11.8 Å². The maximum absolute atomic E-state index is 12.8. The van der Waals surface area contributed by atoms with Crippen molar-refractivity contribution in [1.29, 1.82) is 0 Å². The Bertz CT molecular complexity index is 865. The molecule has 2 aromatic carbocycles. The second kappa shape index (κ2) is 8.39. The Morgan fingerprint density at radius 2 is 1.81 bits per heavy atom. The summed E-state index contributed by atoms with van der Waals surface area (Å²) in [5.74, 6) is -0.232. The number of amidine groups is 1. The first-order valence-corrected chi connectivity index (χ1v) is 9.82. The van der Waals surface area contributed by atoms with Crippen molar-refractivity contribution in [3.05, 3.63) is 60.2 Å². The molecule has 140 valence electrons. The third-order valence-corrected chi connectivity index (χ3v) is 5.41. The summed E-state index contributed by atoms with van der Waals surface area (Å²) in [5.41, 5.74) is 2.56. The van der Waals surface area contributed by atoms with Gasteiger partial charge in [-0.1, -0.05) is 48.2 Å². The fourth-order valence-corrected chi connectivity index (χ4v) is 4.14. The second-order valence-corrected chi connectivity index (χ2v) is 7.88. The number of aryl methyl sites for hydroxylation is 1. The lowest BCUT2D eigenvalue weighted by Crippen LogP contribution is -2.38. The molecule has 1 atom stereocenters. The van der Waals surface area contributed by atoms with E-state index in [1.54, 1.807) is 4.90 Å². The number of hydrogen-bond donors (Lipinski definition) is 1. The quantitative estimate of drug-likeness (QED) is 0.837. The molecule has 0 saturated carbocycles. The van der Waals surface area contributed by atoms with Crippen LogP contribution in [0.3, 0.4) is 0 Å². The smallest absolute Gasteiger partial charge is 0.242 e. The molecule has 3 rings (SSSR count). The van der Waals surface area contributed by atoms with Crippen molar-refractivity contribution in [2.24, 2.45) is 4.99 Å². The Labute approximate surface area is 163 Å². The summed E-state index contributed by atoms with van der Waals surface area (Å²) < 4.78 is 0. The van der Waals surface area contributed by atoms with Crippen molar-refractivity contribution >= 4 is 40.1 Å². The van der Waals surface area contributed by atoms with Gasteiger partial charge >= 0.3 is 0 Å². The first-order chi connectivity index (χ1) is 13.0. The van der Waals surface area contributed by atoms with E-state index in [0.29, 0.717) is 5.17 Å². The van der Waals surface area contributed by atoms with E-state index in [0.717, 1.165) is 16.9 Å². The number of amides is 2. The van der Waals surface area contributed by atoms with Crippen LogP contribution in [0, 0.1) is 6.92 Å². The second-order valence-electron chi connectivity index (χ2n) is 6.71. The minimum absolute atomic E-state index is 0.0168. The summed E-state index contributed by atoms with van der Waals surface area (Å²) >= 11 is 1.36. The van der Waals surface area contributed by atoms with E-state index < -0.39 is 5.25 Å². The van der Waals surface area contributed by atoms with Crippen molar-refractivity contribution in [3.8, 4) is 0 Å². The molecule has 5 nitrogen and oxygen atoms in total. The molecule has 0 aromatic heterocycles. The predicted octanol–water partition coefficient (Wildman–Crippen LogP) is 4.36. The highest BCUT2D eigenvalue weighted by Crippen LogP contribution is 2.33. The zero-order chi connectivity index (χ0) is 19.4. The van der Waals surface area contributed by atoms with E-state index in [9.17, 15) is 9.59 Å². The van der Waals surface area contributed by atoms with Gasteiger partial charge in [0.25, 0.3) is 0 Å². The van der Waals surface area contributed by atoms with E-state index in [1.165, 1.54) is 11.8 Å². The predicted molar refractivity (Wildman–Crippen MR) is 111 cm³/mol. The van der Waals surface area contributed by atoms with E-state index in [4.69, 9.17) is 0 Å². The molecule has 0 aliphatic carbocycles. The van der Waals surface area contributed by atoms with Crippen LogP contribution in [0.5, 0.6) is 0 Å². The van der Waals surface area contributed by atoms with E-state index in [1.807, 2.05) is 75.4 Å². The highest BCUT2D eigenvalue weighted by molar-refractivity contribution is 8.15. The van der Waals surface area contributed by atoms with E-state index >= 15 is 0 Å². The minimum atomic E-state index is -0.459. The summed E-state index contributed by atoms with van der Waals surface area (Å²) in [5, 5.41) is 3.09. The molecule has 1 heterocycles. The first-order valence-electron chi connectivity index (χ1n) is 8.94. The molecule has 1 fully saturated rings. The molecular formula is C21H23N3O2S. The zero-order valence-corrected chi connectivity index (χ0v) is 16.5. The van der Waals surface area contributed by atoms with Crippen LogP contribution in [0.2, 0.25) is 0 Å². The molecule has 6 heteroatoms. The maximum atomic E-state index is 12.8. The Morgan fingerprint density at radius 3 is 2.48 bits per heavy atom. The molecule has 27 heavy (non-hydrogen) atoms. The molecule has 1 aliphatic heterocycles. The molecule has 1 unspecified atom stereocenters. The Morgan fingerprint density at radius 1 is 1.15 bits per heavy atom. The number of benzene rings is 2. The molecule has 2 aromatic rings. The lowest BCUT2D eigenvalue weighted by molar-refractivity contribution is -0.129. The largest absolute Gasteiger partial charge is 0.326 e. The van der Waals surface area contributed by atoms with Crippen LogP contribution in [0.25, 0.3) is 0 Å². The third-order valence-electron chi connectivity index (χ3n) is 4.25. The average Bonchev–Trinajstić information content (AvgIpc) is 2.93. The number of hydrogen-bond acceptors (Lipinski definition) is 4. The van der Waals surface area contributed by atoms with Crippen molar-refractivity contribution in [3.63, 3.8) is 0 Å². The van der Waals surface area contributed by atoms with Crippen LogP contribution in [0.1, 0.15) is 25.8 Å². The standard InChI is InChI=1S/C21H23N3O2S/c1-14(2)24-20(26)18(27-21(24)22-16-10-5-4-6-11-16)13-19(25)23-17-12-8-7-9-15(17)3/h4-12,14,18H,13H2,1-3H3,(H,23,25). The number of thioether (sulfide) groups is 1. The van der Waals surface area contributed by atoms with E-state index in [2.05, 4.69) is 10.3 Å². The monoisotopic (exact) mass is 381 g/mol. The fraction of sp³-hybridized carbons (Fsp3) is 0.286. The average molecular weight is 382 g/mol. The van der Waals surface area contributed by atoms with Crippen molar-refractivity contribution in [1.82, 2.24) is 4.90 Å². The van der Waals surface area contributed by atoms with Crippen LogP contribution in [0.4, 0.5) is 11.4 Å². The zero-order valence-electron chi connectivity index (χ0n) is 15.7. The number of anilines is 1. The van der Waals surface area contributed by atoms with Gasteiger partial charge in [-0.05, 0) is 44.5 Å². The number of rotatable bonds is 5. The SMILES string of the molecule is Cc1ccccc1NC(=O)CC1SC(=Nc2ccccc2)N(C(C)C)C1=O. The van der Waals surface area contributed by atoms with E-state index in [-0.39, 0.29) is 24.3 Å². The highest BCUT2D eigenvalue weighted by Gasteiger charge is 2.40. The molecule has 2 amide bonds. The maximum Gasteiger partial charge on any atom is 0.242 e. The fourth-order valence-electron chi connectivity index (χ4n) is 2.86. The lowest BCUT2D eigenvalue weighted by atomic mass is 10.2. The van der Waals surface area contributed by atoms with Gasteiger partial charge in [0.15, 0.2) is 5.17 Å². The molecule has 1 N–H and O–H groups in total. The van der Waals surface area contributed by atoms with Crippen molar-refractivity contribution in [2.45, 2.75) is 38.5 Å². The van der Waals surface area contributed by atoms with Crippen LogP contribution in [-0.2, 0) is 9.59 Å². The molecule has 0 bridgehead atoms. The van der Waals surface area contributed by atoms with Gasteiger partial charge in [-0.25, -0.2) is 4.99 Å². The normalized spacial score (nSPS) is 18.4. The van der Waals surface area contributed by atoms with Gasteiger partial charge in [-0.3, -0.25) is 14.5 Å². The summed E-state index contributed by atoms with van der Waals surface area (Å²) in [4.78, 5) is 31.6. The van der Waals surface area contributed by atoms with Gasteiger partial charge in [-0.2, -0.15) is 0 Å². The molecule has 0 spiro atoms. The minimum Gasteiger partial charge on any atom is -0.326 e. The van der Waals surface area contributed by atoms with Gasteiger partial charge in [-0.15, -0.1) is 0 Å². The van der Waals surface area contributed by atoms with Gasteiger partial charge in [0.2, 0.25) is 11.8 Å². The Hall–Kier alpha value is -2.60. The molecule has 1 saturated heterocycles. The Balaban J connectivity index is 1.74. The number of nitrogens with one attached hydrogen (secondary N) is 1. The number of aliphatic imine (C=N–C) groups is 1. The van der Waals surface area contributed by atoms with Crippen LogP contribution < -0.4 is 5.32 Å². The number of para-hydroxylation sites is 2. The summed E-state index contributed by atoms with van der Waals surface area (Å²) in [6.07, 6.45) is 0.120. The first kappa shape index (κ1) is 19.2. The van der Waals surface area contributed by atoms with Gasteiger partial charge < -0.3 is 5.32 Å². The molecule has 0 radical (unpaired) electrons. The van der Waals surface area contributed by atoms with Gasteiger partial charge in [0.05, 0.1) is 5.69 Å². The number of carbonyl (C=O) groups excluding carboxylic acids is 2. The highest BCUT2D eigenvalue weighted by atomic mass is 32.2. The van der Waals surface area contributed by atoms with Crippen molar-refractivity contribution in [2.75, 3.05) is 5.32 Å². The van der Waals surface area contributed by atoms with Gasteiger partial charge in [0, 0.05) is 18.2 Å². The van der Waals surface area contributed by atoms with Gasteiger partial charge in [0.1, 0.15) is 5.25 Å². The summed E-state index contributed by atoms with van der Waals surface area (Å²) in [6.45, 7) is 5.85.